The lowest BCUT2D eigenvalue weighted by Crippen LogP contribution is -2.24. The van der Waals surface area contributed by atoms with Crippen molar-refractivity contribution in [3.63, 3.8) is 0 Å². The number of carbonyl (C=O) groups excluding carboxylic acids is 1. The van der Waals surface area contributed by atoms with Crippen LogP contribution in [0.15, 0.2) is 30.3 Å². The molecule has 1 atom stereocenters. The molecule has 0 saturated carbocycles. The first-order valence-electron chi connectivity index (χ1n) is 7.94. The van der Waals surface area contributed by atoms with Gasteiger partial charge in [-0.2, -0.15) is 0 Å². The van der Waals surface area contributed by atoms with Crippen LogP contribution in [0.1, 0.15) is 23.9 Å². The van der Waals surface area contributed by atoms with Crippen molar-refractivity contribution in [2.45, 2.75) is 26.2 Å². The molecule has 0 saturated heterocycles. The quantitative estimate of drug-likeness (QED) is 0.641. The zero-order chi connectivity index (χ0) is 16.9. The van der Waals surface area contributed by atoms with Crippen molar-refractivity contribution in [1.29, 1.82) is 0 Å². The Labute approximate surface area is 150 Å². The van der Waals surface area contributed by atoms with E-state index in [1.54, 1.807) is 11.3 Å². The van der Waals surface area contributed by atoms with Crippen LogP contribution in [0.25, 0.3) is 0 Å². The minimum Gasteiger partial charge on any atom is -0.466 e. The Morgan fingerprint density at radius 2 is 2.17 bits per heavy atom. The SMILES string of the molecule is CCOC(=O)C1CCc2nc(NC(=S)Nc3ccccc3)sc2C1. The summed E-state index contributed by atoms with van der Waals surface area (Å²) in [5.41, 5.74) is 1.99. The molecule has 0 radical (unpaired) electrons. The Hall–Kier alpha value is -1.99. The summed E-state index contributed by atoms with van der Waals surface area (Å²) in [5.74, 6) is -0.160. The van der Waals surface area contributed by atoms with Crippen LogP contribution in [0.2, 0.25) is 0 Å². The number of hydrogen-bond donors (Lipinski definition) is 2. The van der Waals surface area contributed by atoms with Crippen molar-refractivity contribution >= 4 is 45.5 Å². The summed E-state index contributed by atoms with van der Waals surface area (Å²) in [7, 11) is 0. The highest BCUT2D eigenvalue weighted by Crippen LogP contribution is 2.33. The topological polar surface area (TPSA) is 63.2 Å². The van der Waals surface area contributed by atoms with Gasteiger partial charge in [0.1, 0.15) is 0 Å². The maximum absolute atomic E-state index is 11.9. The molecule has 5 nitrogen and oxygen atoms in total. The molecule has 1 aliphatic rings. The van der Waals surface area contributed by atoms with Crippen LogP contribution in [0.3, 0.4) is 0 Å². The molecule has 0 spiro atoms. The summed E-state index contributed by atoms with van der Waals surface area (Å²) >= 11 is 6.88. The predicted octanol–water partition coefficient (Wildman–Crippen LogP) is 3.62. The lowest BCUT2D eigenvalue weighted by molar-refractivity contribution is -0.148. The highest BCUT2D eigenvalue weighted by Gasteiger charge is 2.28. The lowest BCUT2D eigenvalue weighted by Gasteiger charge is -2.18. The first-order chi connectivity index (χ1) is 11.7. The van der Waals surface area contributed by atoms with Gasteiger partial charge < -0.3 is 15.4 Å². The van der Waals surface area contributed by atoms with Gasteiger partial charge in [0.25, 0.3) is 0 Å². The number of para-hydroxylation sites is 1. The Morgan fingerprint density at radius 1 is 1.38 bits per heavy atom. The van der Waals surface area contributed by atoms with Gasteiger partial charge in [0, 0.05) is 10.6 Å². The summed E-state index contributed by atoms with van der Waals surface area (Å²) < 4.78 is 5.13. The Balaban J connectivity index is 1.61. The van der Waals surface area contributed by atoms with Crippen LogP contribution in [-0.4, -0.2) is 22.7 Å². The molecule has 7 heteroatoms. The first-order valence-corrected chi connectivity index (χ1v) is 9.16. The van der Waals surface area contributed by atoms with Gasteiger partial charge in [-0.05, 0) is 50.5 Å². The first kappa shape index (κ1) is 16.9. The van der Waals surface area contributed by atoms with E-state index >= 15 is 0 Å². The maximum atomic E-state index is 11.9. The zero-order valence-electron chi connectivity index (χ0n) is 13.4. The molecule has 2 N–H and O–H groups in total. The number of carbonyl (C=O) groups is 1. The highest BCUT2D eigenvalue weighted by atomic mass is 32.1. The van der Waals surface area contributed by atoms with Gasteiger partial charge in [0.05, 0.1) is 18.2 Å². The van der Waals surface area contributed by atoms with Crippen molar-refractivity contribution < 1.29 is 9.53 Å². The van der Waals surface area contributed by atoms with Crippen molar-refractivity contribution in [2.75, 3.05) is 17.2 Å². The third-order valence-electron chi connectivity index (χ3n) is 3.81. The number of thiazole rings is 1. The van der Waals surface area contributed by atoms with Crippen molar-refractivity contribution in [1.82, 2.24) is 4.98 Å². The number of esters is 1. The fraction of sp³-hybridized carbons (Fsp3) is 0.353. The number of nitrogens with one attached hydrogen (secondary N) is 2. The standard InChI is InChI=1S/C17H19N3O2S2/c1-2-22-15(21)11-8-9-13-14(10-11)24-17(19-13)20-16(23)18-12-6-4-3-5-7-12/h3-7,11H,2,8-10H2,1H3,(H2,18,19,20,23). The van der Waals surface area contributed by atoms with Crippen LogP contribution in [0.4, 0.5) is 10.8 Å². The van der Waals surface area contributed by atoms with Crippen LogP contribution in [0.5, 0.6) is 0 Å². The van der Waals surface area contributed by atoms with Crippen LogP contribution in [-0.2, 0) is 22.4 Å². The highest BCUT2D eigenvalue weighted by molar-refractivity contribution is 7.80. The second-order valence-corrected chi connectivity index (χ2v) is 7.02. The number of thiocarbonyl (C=S) groups is 1. The van der Waals surface area contributed by atoms with Crippen molar-refractivity contribution in [3.8, 4) is 0 Å². The smallest absolute Gasteiger partial charge is 0.309 e. The number of ether oxygens (including phenoxy) is 1. The lowest BCUT2D eigenvalue weighted by atomic mass is 9.91. The molecule has 0 bridgehead atoms. The van der Waals surface area contributed by atoms with Gasteiger partial charge >= 0.3 is 5.97 Å². The molecule has 1 aliphatic carbocycles. The number of hydrogen-bond acceptors (Lipinski definition) is 5. The molecule has 1 aromatic heterocycles. The molecule has 0 fully saturated rings. The zero-order valence-corrected chi connectivity index (χ0v) is 15.0. The second-order valence-electron chi connectivity index (χ2n) is 5.53. The molecular weight excluding hydrogens is 342 g/mol. The monoisotopic (exact) mass is 361 g/mol. The van der Waals surface area contributed by atoms with Gasteiger partial charge in [-0.25, -0.2) is 4.98 Å². The fourth-order valence-corrected chi connectivity index (χ4v) is 4.04. The average molecular weight is 361 g/mol. The van der Waals surface area contributed by atoms with Gasteiger partial charge in [0.2, 0.25) is 0 Å². The largest absolute Gasteiger partial charge is 0.466 e. The van der Waals surface area contributed by atoms with Crippen molar-refractivity contribution in [2.24, 2.45) is 5.92 Å². The van der Waals surface area contributed by atoms with E-state index in [-0.39, 0.29) is 11.9 Å². The molecule has 0 aliphatic heterocycles. The summed E-state index contributed by atoms with van der Waals surface area (Å²) in [6.07, 6.45) is 2.30. The van der Waals surface area contributed by atoms with Crippen LogP contribution >= 0.6 is 23.6 Å². The second kappa shape index (κ2) is 7.72. The predicted molar refractivity (Wildman–Crippen MR) is 101 cm³/mol. The van der Waals surface area contributed by atoms with Crippen LogP contribution in [0, 0.1) is 5.92 Å². The molecule has 1 unspecified atom stereocenters. The summed E-state index contributed by atoms with van der Waals surface area (Å²) in [5, 5.41) is 7.53. The summed E-state index contributed by atoms with van der Waals surface area (Å²) in [6.45, 7) is 2.26. The Bertz CT molecular complexity index is 731. The number of fused-ring (bicyclic) bond motifs is 1. The Morgan fingerprint density at radius 3 is 2.92 bits per heavy atom. The molecule has 126 valence electrons. The number of anilines is 2. The molecule has 1 heterocycles. The van der Waals surface area contributed by atoms with E-state index in [1.807, 2.05) is 37.3 Å². The van der Waals surface area contributed by atoms with Gasteiger partial charge in [-0.15, -0.1) is 11.3 Å². The number of aromatic nitrogens is 1. The molecular formula is C17H19N3O2S2. The Kier molecular flexibility index (Phi) is 5.42. The van der Waals surface area contributed by atoms with E-state index < -0.39 is 0 Å². The van der Waals surface area contributed by atoms with E-state index in [2.05, 4.69) is 15.6 Å². The molecule has 3 rings (SSSR count). The third kappa shape index (κ3) is 4.10. The van der Waals surface area contributed by atoms with Crippen molar-refractivity contribution in [3.05, 3.63) is 40.9 Å². The molecule has 2 aromatic rings. The number of benzene rings is 1. The number of nitrogens with zero attached hydrogens (tertiary/aromatic N) is 1. The average Bonchev–Trinajstić information content (AvgIpc) is 2.97. The normalized spacial score (nSPS) is 16.1. The van der Waals surface area contributed by atoms with E-state index in [1.165, 1.54) is 0 Å². The van der Waals surface area contributed by atoms with E-state index in [0.717, 1.165) is 34.2 Å². The van der Waals surface area contributed by atoms with E-state index in [0.29, 0.717) is 18.1 Å². The molecule has 1 aromatic carbocycles. The van der Waals surface area contributed by atoms with Gasteiger partial charge in [-0.1, -0.05) is 18.2 Å². The van der Waals surface area contributed by atoms with E-state index in [4.69, 9.17) is 17.0 Å². The number of aryl methyl sites for hydroxylation is 1. The summed E-state index contributed by atoms with van der Waals surface area (Å²) in [6, 6.07) is 9.75. The minimum absolute atomic E-state index is 0.0554. The molecule has 0 amide bonds. The minimum atomic E-state index is -0.104. The van der Waals surface area contributed by atoms with Crippen LogP contribution < -0.4 is 10.6 Å². The maximum Gasteiger partial charge on any atom is 0.309 e. The summed E-state index contributed by atoms with van der Waals surface area (Å²) in [4.78, 5) is 17.7. The third-order valence-corrected chi connectivity index (χ3v) is 5.05. The van der Waals surface area contributed by atoms with E-state index in [9.17, 15) is 4.79 Å². The molecule has 24 heavy (non-hydrogen) atoms. The van der Waals surface area contributed by atoms with Gasteiger partial charge in [-0.3, -0.25) is 4.79 Å². The van der Waals surface area contributed by atoms with Gasteiger partial charge in [0.15, 0.2) is 10.2 Å². The fourth-order valence-electron chi connectivity index (χ4n) is 2.67. The number of rotatable bonds is 4.